The van der Waals surface area contributed by atoms with Gasteiger partial charge in [0.1, 0.15) is 29.2 Å². The minimum absolute atomic E-state index is 0.0165. The van der Waals surface area contributed by atoms with Gasteiger partial charge in [-0.3, -0.25) is 19.7 Å². The highest BCUT2D eigenvalue weighted by atomic mass is 32.2. The van der Waals surface area contributed by atoms with E-state index in [0.29, 0.717) is 31.6 Å². The average Bonchev–Trinajstić information content (AvgIpc) is 3.88. The van der Waals surface area contributed by atoms with Gasteiger partial charge in [0.2, 0.25) is 11.8 Å². The summed E-state index contributed by atoms with van der Waals surface area (Å²) in [7, 11) is 1.61. The van der Waals surface area contributed by atoms with Crippen LogP contribution in [0.15, 0.2) is 40.8 Å². The standard InChI is InChI=1S/C34H48N2O8S/c1-21(2)14-15-26-33(6,44-26)30-29(41-7)24(16-17-34(30)20-42-34)43-31(40)36-28(39)19-45-23-11-8-10-22(18-23)35-27(38)13-9-12-25(37)32(3,4)5/h8,10-11,14,18,24,26,29-30H,9,12-13,15-17,19-20H2,1-7H3,(H,35,38)(H,36,39,40)/t24-,26-,29-,30-,33-,34+/m1/s1. The van der Waals surface area contributed by atoms with Gasteiger partial charge in [-0.25, -0.2) is 4.79 Å². The van der Waals surface area contributed by atoms with Crippen molar-refractivity contribution in [2.75, 3.05) is 24.8 Å². The van der Waals surface area contributed by atoms with Gasteiger partial charge in [0.25, 0.3) is 0 Å². The number of nitrogens with one attached hydrogen (secondary N) is 2. The molecule has 3 fully saturated rings. The molecule has 0 bridgehead atoms. The summed E-state index contributed by atoms with van der Waals surface area (Å²) >= 11 is 1.24. The fourth-order valence-electron chi connectivity index (χ4n) is 6.21. The zero-order valence-electron chi connectivity index (χ0n) is 27.5. The van der Waals surface area contributed by atoms with Crippen molar-refractivity contribution in [3.8, 4) is 0 Å². The number of carbonyl (C=O) groups is 4. The third-order valence-corrected chi connectivity index (χ3v) is 9.86. The Morgan fingerprint density at radius 2 is 1.87 bits per heavy atom. The zero-order valence-corrected chi connectivity index (χ0v) is 28.3. The molecule has 6 atom stereocenters. The summed E-state index contributed by atoms with van der Waals surface area (Å²) in [6.45, 7) is 12.4. The molecular formula is C34H48N2O8S. The minimum Gasteiger partial charge on any atom is -0.443 e. The van der Waals surface area contributed by atoms with Crippen LogP contribution in [-0.2, 0) is 33.3 Å². The molecule has 2 N–H and O–H groups in total. The first-order valence-electron chi connectivity index (χ1n) is 15.7. The molecule has 4 rings (SSSR count). The number of allylic oxidation sites excluding steroid dienone is 1. The molecule has 1 aromatic rings. The Morgan fingerprint density at radius 3 is 2.51 bits per heavy atom. The third kappa shape index (κ3) is 9.18. The summed E-state index contributed by atoms with van der Waals surface area (Å²) in [5, 5.41) is 5.18. The molecule has 0 aromatic heterocycles. The highest BCUT2D eigenvalue weighted by Gasteiger charge is 2.72. The molecule has 0 unspecified atom stereocenters. The van der Waals surface area contributed by atoms with Crippen LogP contribution in [0.4, 0.5) is 10.5 Å². The highest BCUT2D eigenvalue weighted by Crippen LogP contribution is 2.59. The van der Waals surface area contributed by atoms with Crippen LogP contribution in [0.5, 0.6) is 0 Å². The quantitative estimate of drug-likeness (QED) is 0.154. The number of methoxy groups -OCH3 is 1. The number of hydrogen-bond donors (Lipinski definition) is 2. The van der Waals surface area contributed by atoms with Gasteiger partial charge in [0.15, 0.2) is 0 Å². The fourth-order valence-corrected chi connectivity index (χ4v) is 6.96. The van der Waals surface area contributed by atoms with E-state index in [1.807, 2.05) is 26.8 Å². The van der Waals surface area contributed by atoms with Crippen molar-refractivity contribution in [2.45, 2.75) is 114 Å². The van der Waals surface area contributed by atoms with Crippen molar-refractivity contribution in [3.63, 3.8) is 0 Å². The molecule has 10 nitrogen and oxygen atoms in total. The maximum absolute atomic E-state index is 12.8. The third-order valence-electron chi connectivity index (χ3n) is 8.87. The topological polar surface area (TPSA) is 136 Å². The number of alkyl carbamates (subject to hydrolysis) is 1. The lowest BCUT2D eigenvalue weighted by Gasteiger charge is -2.42. The number of ketones is 1. The molecule has 0 radical (unpaired) electrons. The van der Waals surface area contributed by atoms with E-state index in [1.54, 1.807) is 25.3 Å². The SMILES string of the molecule is CO[C@@H]1[C@H](OC(=O)NC(=O)CSc2cccc(NC(=O)CCCC(=O)C(C)(C)C)c2)CC[C@]2(CO2)[C@H]1[C@]1(C)O[C@@H]1CC=C(C)C. The molecule has 3 aliphatic rings. The van der Waals surface area contributed by atoms with Gasteiger partial charge in [-0.15, -0.1) is 11.8 Å². The van der Waals surface area contributed by atoms with Crippen LogP contribution in [0.25, 0.3) is 0 Å². The Labute approximate surface area is 270 Å². The highest BCUT2D eigenvalue weighted by molar-refractivity contribution is 8.00. The number of anilines is 1. The molecule has 3 amide bonds. The summed E-state index contributed by atoms with van der Waals surface area (Å²) < 4.78 is 23.8. The average molecular weight is 645 g/mol. The van der Waals surface area contributed by atoms with E-state index in [-0.39, 0.29) is 41.5 Å². The molecule has 248 valence electrons. The second-order valence-corrected chi connectivity index (χ2v) is 14.8. The lowest BCUT2D eigenvalue weighted by atomic mass is 9.68. The number of ether oxygens (including phenoxy) is 4. The van der Waals surface area contributed by atoms with Gasteiger partial charge in [0, 0.05) is 35.9 Å². The van der Waals surface area contributed by atoms with E-state index in [1.165, 1.54) is 17.3 Å². The van der Waals surface area contributed by atoms with E-state index < -0.39 is 35.2 Å². The summed E-state index contributed by atoms with van der Waals surface area (Å²) in [5.74, 6) is -0.669. The van der Waals surface area contributed by atoms with E-state index in [9.17, 15) is 19.2 Å². The number of carbonyl (C=O) groups excluding carboxylic acids is 4. The molecule has 45 heavy (non-hydrogen) atoms. The molecule has 1 saturated carbocycles. The predicted molar refractivity (Wildman–Crippen MR) is 172 cm³/mol. The van der Waals surface area contributed by atoms with Gasteiger partial charge in [-0.1, -0.05) is 38.5 Å². The van der Waals surface area contributed by atoms with Crippen LogP contribution in [0.1, 0.15) is 80.1 Å². The number of thioether (sulfide) groups is 1. The van der Waals surface area contributed by atoms with Gasteiger partial charge in [0.05, 0.1) is 24.4 Å². The molecule has 1 aromatic carbocycles. The van der Waals surface area contributed by atoms with Crippen molar-refractivity contribution in [1.82, 2.24) is 5.32 Å². The predicted octanol–water partition coefficient (Wildman–Crippen LogP) is 5.83. The Kier molecular flexibility index (Phi) is 11.2. The normalized spacial score (nSPS) is 28.6. The van der Waals surface area contributed by atoms with Gasteiger partial charge < -0.3 is 24.3 Å². The maximum atomic E-state index is 12.8. The number of benzene rings is 1. The van der Waals surface area contributed by atoms with E-state index in [0.717, 1.165) is 17.7 Å². The number of amides is 3. The van der Waals surface area contributed by atoms with Crippen LogP contribution in [0.3, 0.4) is 0 Å². The Morgan fingerprint density at radius 1 is 1.13 bits per heavy atom. The number of epoxide rings is 2. The summed E-state index contributed by atoms with van der Waals surface area (Å²) in [6.07, 6.45) is 3.57. The molecule has 11 heteroatoms. The van der Waals surface area contributed by atoms with Gasteiger partial charge in [-0.05, 0) is 64.7 Å². The van der Waals surface area contributed by atoms with Crippen molar-refractivity contribution < 1.29 is 38.1 Å². The second kappa shape index (κ2) is 14.4. The van der Waals surface area contributed by atoms with Crippen LogP contribution < -0.4 is 10.6 Å². The van der Waals surface area contributed by atoms with Crippen molar-refractivity contribution in [3.05, 3.63) is 35.9 Å². The second-order valence-electron chi connectivity index (χ2n) is 13.8. The Balaban J connectivity index is 1.24. The molecule has 2 aliphatic heterocycles. The van der Waals surface area contributed by atoms with Gasteiger partial charge in [-0.2, -0.15) is 0 Å². The van der Waals surface area contributed by atoms with E-state index in [2.05, 4.69) is 37.5 Å². The first kappa shape index (κ1) is 35.1. The fraction of sp³-hybridized carbons (Fsp3) is 0.647. The van der Waals surface area contributed by atoms with E-state index in [4.69, 9.17) is 18.9 Å². The minimum atomic E-state index is -0.812. The maximum Gasteiger partial charge on any atom is 0.414 e. The number of Topliss-reactive ketones (excluding diaryl/α,β-unsaturated/α-hetero) is 1. The summed E-state index contributed by atoms with van der Waals surface area (Å²) in [4.78, 5) is 50.6. The Hall–Kier alpha value is -2.73. The van der Waals surface area contributed by atoms with Crippen LogP contribution in [0, 0.1) is 11.3 Å². The van der Waals surface area contributed by atoms with Crippen molar-refractivity contribution >= 4 is 41.1 Å². The monoisotopic (exact) mass is 644 g/mol. The lowest BCUT2D eigenvalue weighted by Crippen LogP contribution is -2.56. The molecular weight excluding hydrogens is 596 g/mol. The Bertz CT molecular complexity index is 1300. The first-order valence-corrected chi connectivity index (χ1v) is 16.7. The van der Waals surface area contributed by atoms with Gasteiger partial charge >= 0.3 is 6.09 Å². The van der Waals surface area contributed by atoms with E-state index >= 15 is 0 Å². The summed E-state index contributed by atoms with van der Waals surface area (Å²) in [5.41, 5.74) is 0.627. The van der Waals surface area contributed by atoms with Crippen LogP contribution in [0.2, 0.25) is 0 Å². The largest absolute Gasteiger partial charge is 0.443 e. The molecule has 1 spiro atoms. The molecule has 2 heterocycles. The van der Waals surface area contributed by atoms with Crippen molar-refractivity contribution in [1.29, 1.82) is 0 Å². The molecule has 1 aliphatic carbocycles. The number of imide groups is 1. The van der Waals surface area contributed by atoms with Crippen molar-refractivity contribution in [2.24, 2.45) is 11.3 Å². The smallest absolute Gasteiger partial charge is 0.414 e. The first-order chi connectivity index (χ1) is 21.2. The number of rotatable bonds is 13. The zero-order chi connectivity index (χ0) is 33.0. The number of hydrogen-bond acceptors (Lipinski definition) is 9. The van der Waals surface area contributed by atoms with Crippen LogP contribution >= 0.6 is 11.8 Å². The summed E-state index contributed by atoms with van der Waals surface area (Å²) in [6, 6.07) is 7.13. The lowest BCUT2D eigenvalue weighted by molar-refractivity contribution is -0.126. The molecule has 2 saturated heterocycles. The van der Waals surface area contributed by atoms with Crippen LogP contribution in [-0.4, -0.2) is 72.7 Å².